The third-order valence-corrected chi connectivity index (χ3v) is 3.74. The lowest BCUT2D eigenvalue weighted by atomic mass is 10.2. The summed E-state index contributed by atoms with van der Waals surface area (Å²) in [6, 6.07) is 17.2. The lowest BCUT2D eigenvalue weighted by Crippen LogP contribution is -2.04. The van der Waals surface area contributed by atoms with Gasteiger partial charge in [-0.25, -0.2) is 0 Å². The van der Waals surface area contributed by atoms with Crippen molar-refractivity contribution in [2.75, 3.05) is 0 Å². The van der Waals surface area contributed by atoms with Gasteiger partial charge in [0.25, 0.3) is 0 Å². The summed E-state index contributed by atoms with van der Waals surface area (Å²) in [5, 5.41) is 15.4. The summed E-state index contributed by atoms with van der Waals surface area (Å²) in [6.07, 6.45) is 0. The highest BCUT2D eigenvalue weighted by Gasteiger charge is 2.21. The molecule has 3 aromatic rings. The number of rotatable bonds is 5. The highest BCUT2D eigenvalue weighted by atomic mass is 16.6. The van der Waals surface area contributed by atoms with Crippen molar-refractivity contribution >= 4 is 5.69 Å². The number of nitro groups is 1. The minimum Gasteiger partial charge on any atom is -0.457 e. The van der Waals surface area contributed by atoms with E-state index in [0.29, 0.717) is 17.9 Å². The molecule has 0 radical (unpaired) electrons. The maximum absolute atomic E-state index is 11.1. The van der Waals surface area contributed by atoms with Crippen molar-refractivity contribution < 1.29 is 9.66 Å². The fourth-order valence-electron chi connectivity index (χ4n) is 2.61. The Labute approximate surface area is 139 Å². The van der Waals surface area contributed by atoms with Crippen molar-refractivity contribution in [3.63, 3.8) is 0 Å². The van der Waals surface area contributed by atoms with Crippen molar-refractivity contribution in [2.45, 2.75) is 20.4 Å². The van der Waals surface area contributed by atoms with Gasteiger partial charge in [0.1, 0.15) is 22.9 Å². The van der Waals surface area contributed by atoms with Gasteiger partial charge in [0.05, 0.1) is 11.5 Å². The third kappa shape index (κ3) is 3.27. The number of benzene rings is 2. The zero-order valence-electron chi connectivity index (χ0n) is 13.5. The van der Waals surface area contributed by atoms with Crippen LogP contribution in [0.3, 0.4) is 0 Å². The van der Waals surface area contributed by atoms with E-state index < -0.39 is 0 Å². The molecule has 0 saturated heterocycles. The number of ether oxygens (including phenoxy) is 1. The van der Waals surface area contributed by atoms with E-state index >= 15 is 0 Å². The molecule has 0 N–H and O–H groups in total. The molecule has 0 amide bonds. The van der Waals surface area contributed by atoms with Gasteiger partial charge in [0, 0.05) is 0 Å². The van der Waals surface area contributed by atoms with Crippen LogP contribution < -0.4 is 4.74 Å². The average molecular weight is 323 g/mol. The Morgan fingerprint density at radius 1 is 1.08 bits per heavy atom. The first-order valence-electron chi connectivity index (χ1n) is 7.55. The number of para-hydroxylation sites is 1. The molecule has 0 atom stereocenters. The van der Waals surface area contributed by atoms with Gasteiger partial charge in [-0.05, 0) is 43.7 Å². The fourth-order valence-corrected chi connectivity index (χ4v) is 2.61. The third-order valence-electron chi connectivity index (χ3n) is 3.74. The normalized spacial score (nSPS) is 10.6. The maximum atomic E-state index is 11.1. The summed E-state index contributed by atoms with van der Waals surface area (Å²) in [7, 11) is 0. The largest absolute Gasteiger partial charge is 0.457 e. The molecule has 1 heterocycles. The minimum absolute atomic E-state index is 0.0756. The second-order valence-corrected chi connectivity index (χ2v) is 5.50. The van der Waals surface area contributed by atoms with Gasteiger partial charge < -0.3 is 4.74 Å². The van der Waals surface area contributed by atoms with E-state index in [2.05, 4.69) is 5.10 Å². The molecule has 6 heteroatoms. The van der Waals surface area contributed by atoms with E-state index in [1.165, 1.54) is 0 Å². The Morgan fingerprint density at radius 3 is 2.46 bits per heavy atom. The molecule has 0 spiro atoms. The predicted octanol–water partition coefficient (Wildman–Crippen LogP) is 4.25. The second kappa shape index (κ2) is 6.54. The molecular weight excluding hydrogens is 306 g/mol. The molecule has 122 valence electrons. The number of aromatic nitrogens is 2. The lowest BCUT2D eigenvalue weighted by Gasteiger charge is -2.08. The van der Waals surface area contributed by atoms with Crippen LogP contribution in [-0.2, 0) is 6.54 Å². The molecule has 1 aromatic heterocycles. The van der Waals surface area contributed by atoms with Crippen LogP contribution in [0.25, 0.3) is 0 Å². The van der Waals surface area contributed by atoms with Crippen molar-refractivity contribution in [3.8, 4) is 11.5 Å². The van der Waals surface area contributed by atoms with E-state index in [9.17, 15) is 10.1 Å². The summed E-state index contributed by atoms with van der Waals surface area (Å²) in [6.45, 7) is 3.81. The van der Waals surface area contributed by atoms with Crippen LogP contribution >= 0.6 is 0 Å². The highest BCUT2D eigenvalue weighted by Crippen LogP contribution is 2.25. The van der Waals surface area contributed by atoms with Crippen molar-refractivity contribution in [1.82, 2.24) is 9.78 Å². The topological polar surface area (TPSA) is 70.2 Å². The van der Waals surface area contributed by atoms with Crippen LogP contribution in [0.5, 0.6) is 11.5 Å². The molecule has 0 aliphatic heterocycles. The molecule has 0 fully saturated rings. The standard InChI is InChI=1S/C18H17N3O3/c1-13-18(21(22)23)14(2)20(19-13)12-15-7-6-10-17(11-15)24-16-8-4-3-5-9-16/h3-11H,12H2,1-2H3. The summed E-state index contributed by atoms with van der Waals surface area (Å²) in [5.41, 5.74) is 2.01. The Balaban J connectivity index is 1.83. The van der Waals surface area contributed by atoms with Gasteiger partial charge >= 0.3 is 5.69 Å². The minimum atomic E-state index is -0.386. The number of aryl methyl sites for hydroxylation is 1. The summed E-state index contributed by atoms with van der Waals surface area (Å²) in [4.78, 5) is 10.7. The summed E-state index contributed by atoms with van der Waals surface area (Å²) >= 11 is 0. The van der Waals surface area contributed by atoms with Crippen LogP contribution in [0.15, 0.2) is 54.6 Å². The first-order valence-corrected chi connectivity index (χ1v) is 7.55. The second-order valence-electron chi connectivity index (χ2n) is 5.50. The Kier molecular flexibility index (Phi) is 4.29. The van der Waals surface area contributed by atoms with Gasteiger partial charge in [0.15, 0.2) is 0 Å². The molecule has 3 rings (SSSR count). The molecular formula is C18H17N3O3. The van der Waals surface area contributed by atoms with E-state index in [-0.39, 0.29) is 10.6 Å². The van der Waals surface area contributed by atoms with Gasteiger partial charge in [0.2, 0.25) is 0 Å². The monoisotopic (exact) mass is 323 g/mol. The smallest absolute Gasteiger partial charge is 0.312 e. The van der Waals surface area contributed by atoms with Crippen LogP contribution in [0.2, 0.25) is 0 Å². The molecule has 2 aromatic carbocycles. The lowest BCUT2D eigenvalue weighted by molar-refractivity contribution is -0.386. The first kappa shape index (κ1) is 15.7. The molecule has 0 saturated carbocycles. The van der Waals surface area contributed by atoms with Crippen molar-refractivity contribution in [3.05, 3.63) is 81.7 Å². The highest BCUT2D eigenvalue weighted by molar-refractivity contribution is 5.40. The van der Waals surface area contributed by atoms with Gasteiger partial charge in [-0.1, -0.05) is 30.3 Å². The molecule has 0 aliphatic carbocycles. The Morgan fingerprint density at radius 2 is 1.79 bits per heavy atom. The van der Waals surface area contributed by atoms with Crippen molar-refractivity contribution in [1.29, 1.82) is 0 Å². The molecule has 0 aliphatic rings. The zero-order valence-corrected chi connectivity index (χ0v) is 13.5. The van der Waals surface area contributed by atoms with Crippen LogP contribution in [-0.4, -0.2) is 14.7 Å². The van der Waals surface area contributed by atoms with Gasteiger partial charge in [-0.15, -0.1) is 0 Å². The van der Waals surface area contributed by atoms with Gasteiger partial charge in [-0.2, -0.15) is 5.10 Å². The average Bonchev–Trinajstić information content (AvgIpc) is 2.82. The molecule has 6 nitrogen and oxygen atoms in total. The number of hydrogen-bond donors (Lipinski definition) is 0. The van der Waals surface area contributed by atoms with Crippen LogP contribution in [0.1, 0.15) is 17.0 Å². The molecule has 0 bridgehead atoms. The maximum Gasteiger partial charge on any atom is 0.312 e. The molecule has 24 heavy (non-hydrogen) atoms. The van der Waals surface area contributed by atoms with Crippen LogP contribution in [0, 0.1) is 24.0 Å². The Bertz CT molecular complexity index is 872. The molecule has 0 unspecified atom stereocenters. The van der Waals surface area contributed by atoms with E-state index in [4.69, 9.17) is 4.74 Å². The first-order chi connectivity index (χ1) is 11.5. The number of nitrogens with zero attached hydrogens (tertiary/aromatic N) is 3. The zero-order chi connectivity index (χ0) is 17.1. The number of hydrogen-bond acceptors (Lipinski definition) is 4. The fraction of sp³-hybridized carbons (Fsp3) is 0.167. The van der Waals surface area contributed by atoms with Crippen molar-refractivity contribution in [2.24, 2.45) is 0 Å². The summed E-state index contributed by atoms with van der Waals surface area (Å²) < 4.78 is 7.46. The van der Waals surface area contributed by atoms with E-state index in [1.54, 1.807) is 18.5 Å². The van der Waals surface area contributed by atoms with E-state index in [0.717, 1.165) is 17.1 Å². The Hall–Kier alpha value is -3.15. The van der Waals surface area contributed by atoms with Crippen LogP contribution in [0.4, 0.5) is 5.69 Å². The SMILES string of the molecule is Cc1nn(Cc2cccc(Oc3ccccc3)c2)c(C)c1[N+](=O)[O-]. The summed E-state index contributed by atoms with van der Waals surface area (Å²) in [5.74, 6) is 1.48. The van der Waals surface area contributed by atoms with Gasteiger partial charge in [-0.3, -0.25) is 14.8 Å². The quantitative estimate of drug-likeness (QED) is 0.520. The predicted molar refractivity (Wildman–Crippen MR) is 90.4 cm³/mol. The van der Waals surface area contributed by atoms with E-state index in [1.807, 2.05) is 54.6 Å².